The summed E-state index contributed by atoms with van der Waals surface area (Å²) in [7, 11) is 5.68. The van der Waals surface area contributed by atoms with E-state index in [1.807, 2.05) is 13.1 Å². The fourth-order valence-electron chi connectivity index (χ4n) is 2.44. The van der Waals surface area contributed by atoms with Crippen molar-refractivity contribution < 1.29 is 9.13 Å². The average molecular weight is 320 g/mol. The third-order valence-corrected chi connectivity index (χ3v) is 3.66. The number of aryl methyl sites for hydroxylation is 1. The normalized spacial score (nSPS) is 11.4. The van der Waals surface area contributed by atoms with Crippen molar-refractivity contribution in [3.63, 3.8) is 0 Å². The summed E-state index contributed by atoms with van der Waals surface area (Å²) in [5.74, 6) is 1.21. The Balaban J connectivity index is 2.13. The largest absolute Gasteiger partial charge is 0.496 e. The molecule has 6 heteroatoms. The Morgan fingerprint density at radius 3 is 2.61 bits per heavy atom. The molecule has 1 N–H and O–H groups in total. The van der Waals surface area contributed by atoms with Crippen molar-refractivity contribution >= 4 is 0 Å². The highest BCUT2D eigenvalue weighted by Gasteiger charge is 2.13. The van der Waals surface area contributed by atoms with Crippen molar-refractivity contribution in [1.29, 1.82) is 0 Å². The Kier molecular flexibility index (Phi) is 6.12. The van der Waals surface area contributed by atoms with Gasteiger partial charge in [0.1, 0.15) is 17.4 Å². The van der Waals surface area contributed by atoms with Crippen LogP contribution in [0.3, 0.4) is 0 Å². The lowest BCUT2D eigenvalue weighted by molar-refractivity contribution is 0.221. The van der Waals surface area contributed by atoms with Crippen LogP contribution in [0.5, 0.6) is 5.75 Å². The predicted octanol–water partition coefficient (Wildman–Crippen LogP) is 2.43. The highest BCUT2D eigenvalue weighted by molar-refractivity contribution is 5.34. The van der Waals surface area contributed by atoms with Gasteiger partial charge in [-0.05, 0) is 27.1 Å². The second-order valence-corrected chi connectivity index (χ2v) is 5.96. The summed E-state index contributed by atoms with van der Waals surface area (Å²) in [6.45, 7) is 5.23. The first-order chi connectivity index (χ1) is 11.0. The fourth-order valence-corrected chi connectivity index (χ4v) is 2.44. The first-order valence-electron chi connectivity index (χ1n) is 7.68. The number of rotatable bonds is 8. The lowest BCUT2D eigenvalue weighted by Crippen LogP contribution is -2.31. The second kappa shape index (κ2) is 8.08. The molecule has 23 heavy (non-hydrogen) atoms. The summed E-state index contributed by atoms with van der Waals surface area (Å²) in [6.07, 6.45) is 1.86. The van der Waals surface area contributed by atoms with Crippen LogP contribution < -0.4 is 4.74 Å². The topological polar surface area (TPSA) is 44.4 Å². The number of nitrogens with zero attached hydrogens (tertiary/aromatic N) is 3. The number of hydrogen-bond acceptors (Lipinski definition) is 4. The molecule has 2 aromatic rings. The molecule has 0 amide bonds. The number of aromatic amines is 1. The van der Waals surface area contributed by atoms with Gasteiger partial charge in [-0.15, -0.1) is 0 Å². The number of hydrogen-bond donors (Lipinski definition) is 1. The average Bonchev–Trinajstić information content (AvgIpc) is 2.91. The Labute approximate surface area is 137 Å². The third-order valence-electron chi connectivity index (χ3n) is 3.66. The van der Waals surface area contributed by atoms with Gasteiger partial charge in [0.25, 0.3) is 0 Å². The van der Waals surface area contributed by atoms with Gasteiger partial charge in [-0.3, -0.25) is 4.90 Å². The van der Waals surface area contributed by atoms with Crippen molar-refractivity contribution in [3.05, 3.63) is 47.3 Å². The molecule has 0 unspecified atom stereocenters. The van der Waals surface area contributed by atoms with Crippen LogP contribution in [0, 0.1) is 12.7 Å². The molecular formula is C17H25FN4O. The predicted molar refractivity (Wildman–Crippen MR) is 88.9 cm³/mol. The molecule has 0 saturated carbocycles. The number of methoxy groups -OCH3 is 1. The summed E-state index contributed by atoms with van der Waals surface area (Å²) < 4.78 is 18.7. The van der Waals surface area contributed by atoms with Crippen molar-refractivity contribution in [1.82, 2.24) is 19.8 Å². The van der Waals surface area contributed by atoms with Crippen LogP contribution in [-0.4, -0.2) is 54.1 Å². The van der Waals surface area contributed by atoms with Gasteiger partial charge in [-0.1, -0.05) is 6.07 Å². The number of imidazole rings is 1. The molecule has 2 rings (SSSR count). The van der Waals surface area contributed by atoms with Crippen molar-refractivity contribution in [2.45, 2.75) is 20.0 Å². The van der Waals surface area contributed by atoms with E-state index in [9.17, 15) is 4.39 Å². The molecule has 0 atom stereocenters. The van der Waals surface area contributed by atoms with Gasteiger partial charge < -0.3 is 14.6 Å². The number of halogens is 1. The minimum Gasteiger partial charge on any atom is -0.496 e. The summed E-state index contributed by atoms with van der Waals surface area (Å²) in [5.41, 5.74) is 2.05. The minimum atomic E-state index is -0.283. The van der Waals surface area contributed by atoms with Crippen LogP contribution in [0.25, 0.3) is 0 Å². The van der Waals surface area contributed by atoms with Crippen molar-refractivity contribution in [2.24, 2.45) is 0 Å². The Morgan fingerprint density at radius 2 is 2.00 bits per heavy atom. The zero-order valence-corrected chi connectivity index (χ0v) is 14.3. The van der Waals surface area contributed by atoms with E-state index in [4.69, 9.17) is 4.74 Å². The molecular weight excluding hydrogens is 295 g/mol. The number of H-pyrrole nitrogens is 1. The standard InChI is InChI=1S/C17H25FN4O/c1-13-19-10-16(20-13)12-22(8-7-21(2)3)11-14-5-6-15(18)9-17(14)23-4/h5-6,9-10H,7-8,11-12H2,1-4H3,(H,19,20). The molecule has 0 bridgehead atoms. The van der Waals surface area contributed by atoms with Gasteiger partial charge in [-0.2, -0.15) is 0 Å². The van der Waals surface area contributed by atoms with Crippen LogP contribution >= 0.6 is 0 Å². The van der Waals surface area contributed by atoms with Gasteiger partial charge in [0.05, 0.1) is 7.11 Å². The van der Waals surface area contributed by atoms with Gasteiger partial charge in [0, 0.05) is 49.7 Å². The van der Waals surface area contributed by atoms with Crippen LogP contribution in [0.2, 0.25) is 0 Å². The molecule has 5 nitrogen and oxygen atoms in total. The maximum atomic E-state index is 13.4. The van der Waals surface area contributed by atoms with Gasteiger partial charge in [0.15, 0.2) is 0 Å². The zero-order valence-electron chi connectivity index (χ0n) is 14.3. The smallest absolute Gasteiger partial charge is 0.126 e. The molecule has 1 aromatic heterocycles. The lowest BCUT2D eigenvalue weighted by atomic mass is 10.1. The van der Waals surface area contributed by atoms with Crippen molar-refractivity contribution in [2.75, 3.05) is 34.3 Å². The highest BCUT2D eigenvalue weighted by atomic mass is 19.1. The Morgan fingerprint density at radius 1 is 1.22 bits per heavy atom. The van der Waals surface area contributed by atoms with Crippen LogP contribution in [0.15, 0.2) is 24.4 Å². The first kappa shape index (κ1) is 17.4. The van der Waals surface area contributed by atoms with Gasteiger partial charge in [-0.25, -0.2) is 9.37 Å². The molecule has 0 fully saturated rings. The second-order valence-electron chi connectivity index (χ2n) is 5.96. The minimum absolute atomic E-state index is 0.283. The molecule has 126 valence electrons. The summed E-state index contributed by atoms with van der Waals surface area (Å²) >= 11 is 0. The highest BCUT2D eigenvalue weighted by Crippen LogP contribution is 2.22. The fraction of sp³-hybridized carbons (Fsp3) is 0.471. The number of aromatic nitrogens is 2. The van der Waals surface area contributed by atoms with Gasteiger partial charge >= 0.3 is 0 Å². The molecule has 0 aliphatic rings. The number of ether oxygens (including phenoxy) is 1. The van der Waals surface area contributed by atoms with E-state index in [1.54, 1.807) is 13.2 Å². The Hall–Kier alpha value is -1.92. The first-order valence-corrected chi connectivity index (χ1v) is 7.68. The molecule has 0 spiro atoms. The zero-order chi connectivity index (χ0) is 16.8. The van der Waals surface area contributed by atoms with E-state index < -0.39 is 0 Å². The number of nitrogens with one attached hydrogen (secondary N) is 1. The van der Waals surface area contributed by atoms with Crippen LogP contribution in [0.1, 0.15) is 17.1 Å². The van der Waals surface area contributed by atoms with E-state index in [2.05, 4.69) is 33.9 Å². The summed E-state index contributed by atoms with van der Waals surface area (Å²) in [5, 5.41) is 0. The molecule has 0 radical (unpaired) electrons. The maximum Gasteiger partial charge on any atom is 0.126 e. The van der Waals surface area contributed by atoms with Gasteiger partial charge in [0.2, 0.25) is 0 Å². The molecule has 0 saturated heterocycles. The molecule has 1 heterocycles. The van der Waals surface area contributed by atoms with E-state index in [-0.39, 0.29) is 5.82 Å². The SMILES string of the molecule is COc1cc(F)ccc1CN(CCN(C)C)Cc1cnc(C)[nH]1. The third kappa shape index (κ3) is 5.33. The summed E-state index contributed by atoms with van der Waals surface area (Å²) in [4.78, 5) is 12.0. The van der Waals surface area contributed by atoms with Crippen LogP contribution in [0.4, 0.5) is 4.39 Å². The maximum absolute atomic E-state index is 13.4. The van der Waals surface area contributed by atoms with Crippen molar-refractivity contribution in [3.8, 4) is 5.75 Å². The molecule has 0 aliphatic carbocycles. The quantitative estimate of drug-likeness (QED) is 0.811. The number of benzene rings is 1. The van der Waals surface area contributed by atoms with E-state index in [0.717, 1.165) is 36.7 Å². The van der Waals surface area contributed by atoms with E-state index >= 15 is 0 Å². The lowest BCUT2D eigenvalue weighted by Gasteiger charge is -2.24. The molecule has 0 aliphatic heterocycles. The monoisotopic (exact) mass is 320 g/mol. The van der Waals surface area contributed by atoms with E-state index in [0.29, 0.717) is 12.3 Å². The summed E-state index contributed by atoms with van der Waals surface area (Å²) in [6, 6.07) is 4.69. The van der Waals surface area contributed by atoms with Crippen LogP contribution in [-0.2, 0) is 13.1 Å². The molecule has 1 aromatic carbocycles. The Bertz CT molecular complexity index is 627. The van der Waals surface area contributed by atoms with E-state index in [1.165, 1.54) is 12.1 Å². The number of likely N-dealkylation sites (N-methyl/N-ethyl adjacent to an activating group) is 1.